The molecule has 1 fully saturated rings. The Morgan fingerprint density at radius 3 is 2.60 bits per heavy atom. The number of hydrogen-bond acceptors (Lipinski definition) is 7. The van der Waals surface area contributed by atoms with Crippen molar-refractivity contribution in [3.63, 3.8) is 0 Å². The van der Waals surface area contributed by atoms with Crippen molar-refractivity contribution >= 4 is 23.2 Å². The Morgan fingerprint density at radius 1 is 1.02 bits per heavy atom. The number of carbonyl (C=O) groups is 1. The Balaban J connectivity index is 1.25. The van der Waals surface area contributed by atoms with Gasteiger partial charge in [-0.25, -0.2) is 19.9 Å². The second-order valence-corrected chi connectivity index (χ2v) is 10.4. The highest BCUT2D eigenvalue weighted by molar-refractivity contribution is 5.98. The van der Waals surface area contributed by atoms with Gasteiger partial charge in [-0.1, -0.05) is 12.1 Å². The third-order valence-electron chi connectivity index (χ3n) is 6.95. The van der Waals surface area contributed by atoms with Crippen LogP contribution in [-0.4, -0.2) is 40.9 Å². The maximum atomic E-state index is 13.7. The van der Waals surface area contributed by atoms with Gasteiger partial charge in [0.25, 0.3) is 0 Å². The molecule has 0 spiro atoms. The van der Waals surface area contributed by atoms with Gasteiger partial charge in [-0.15, -0.1) is 0 Å². The Hall–Kier alpha value is -5.00. The molecule has 3 heterocycles. The number of imidazole rings is 2. The lowest BCUT2D eigenvalue weighted by atomic mass is 9.99. The lowest BCUT2D eigenvalue weighted by Crippen LogP contribution is -2.10. The number of benzene rings is 2. The summed E-state index contributed by atoms with van der Waals surface area (Å²) >= 11 is 0. The molecular weight excluding hydrogens is 545 g/mol. The lowest BCUT2D eigenvalue weighted by molar-refractivity contribution is -0.137. The van der Waals surface area contributed by atoms with E-state index < -0.39 is 11.7 Å². The summed E-state index contributed by atoms with van der Waals surface area (Å²) in [6.45, 7) is 3.64. The normalized spacial score (nSPS) is 13.3. The topological polar surface area (TPSA) is 103 Å². The number of Topliss-reactive ketones (excluding diaryl/α,β-unsaturated/α-hetero) is 1. The van der Waals surface area contributed by atoms with E-state index in [9.17, 15) is 18.0 Å². The molecular formula is C30H27F3N8O. The van der Waals surface area contributed by atoms with Crippen LogP contribution in [0.3, 0.4) is 0 Å². The van der Waals surface area contributed by atoms with Crippen LogP contribution in [0.2, 0.25) is 0 Å². The van der Waals surface area contributed by atoms with E-state index in [1.807, 2.05) is 13.0 Å². The molecule has 0 atom stereocenters. The molecule has 2 aromatic carbocycles. The van der Waals surface area contributed by atoms with Gasteiger partial charge >= 0.3 is 6.18 Å². The van der Waals surface area contributed by atoms with Crippen molar-refractivity contribution < 1.29 is 18.0 Å². The molecule has 214 valence electrons. The van der Waals surface area contributed by atoms with E-state index in [0.717, 1.165) is 36.4 Å². The fourth-order valence-electron chi connectivity index (χ4n) is 4.56. The number of nitrogens with zero attached hydrogens (tertiary/aromatic N) is 6. The van der Waals surface area contributed by atoms with Crippen molar-refractivity contribution in [3.8, 4) is 11.5 Å². The van der Waals surface area contributed by atoms with Crippen molar-refractivity contribution in [1.29, 1.82) is 0 Å². The molecule has 3 aromatic heterocycles. The van der Waals surface area contributed by atoms with Crippen LogP contribution in [0.1, 0.15) is 45.6 Å². The minimum absolute atomic E-state index is 0.209. The summed E-state index contributed by atoms with van der Waals surface area (Å²) in [4.78, 5) is 30.5. The minimum Gasteiger partial charge on any atom is -0.367 e. The molecule has 12 heteroatoms. The number of aryl methyl sites for hydroxylation is 2. The summed E-state index contributed by atoms with van der Waals surface area (Å²) in [6.07, 6.45) is 5.43. The number of hydrogen-bond donors (Lipinski definition) is 2. The Morgan fingerprint density at radius 2 is 1.86 bits per heavy atom. The van der Waals surface area contributed by atoms with Crippen LogP contribution < -0.4 is 10.6 Å². The van der Waals surface area contributed by atoms with E-state index in [-0.39, 0.29) is 23.5 Å². The highest BCUT2D eigenvalue weighted by Gasteiger charge is 2.31. The largest absolute Gasteiger partial charge is 0.416 e. The van der Waals surface area contributed by atoms with Gasteiger partial charge in [0.2, 0.25) is 5.95 Å². The molecule has 6 rings (SSSR count). The molecule has 0 aliphatic heterocycles. The molecule has 0 saturated heterocycles. The van der Waals surface area contributed by atoms with Gasteiger partial charge in [-0.3, -0.25) is 9.36 Å². The SMILES string of the molecule is Cc1cn(-c2cc(CC(=O)c3ccc(C)c(Nc4nccn4-c4cc(NC5CC5)ncn4)c3)cc(C(F)(F)F)c2)cn1. The zero-order valence-corrected chi connectivity index (χ0v) is 22.9. The van der Waals surface area contributed by atoms with E-state index in [0.29, 0.717) is 34.8 Å². The summed E-state index contributed by atoms with van der Waals surface area (Å²) in [5, 5.41) is 6.62. The van der Waals surface area contributed by atoms with Gasteiger partial charge < -0.3 is 15.2 Å². The van der Waals surface area contributed by atoms with Crippen molar-refractivity contribution in [2.24, 2.45) is 0 Å². The van der Waals surface area contributed by atoms with Crippen molar-refractivity contribution in [2.75, 3.05) is 10.6 Å². The van der Waals surface area contributed by atoms with Crippen LogP contribution >= 0.6 is 0 Å². The van der Waals surface area contributed by atoms with E-state index in [1.54, 1.807) is 54.3 Å². The molecule has 0 bridgehead atoms. The summed E-state index contributed by atoms with van der Waals surface area (Å²) < 4.78 is 44.4. The van der Waals surface area contributed by atoms with Crippen LogP contribution in [0, 0.1) is 13.8 Å². The van der Waals surface area contributed by atoms with Crippen molar-refractivity contribution in [2.45, 2.75) is 45.3 Å². The molecule has 1 aliphatic carbocycles. The maximum absolute atomic E-state index is 13.7. The molecule has 1 aliphatic rings. The Labute approximate surface area is 239 Å². The molecule has 0 amide bonds. The quantitative estimate of drug-likeness (QED) is 0.202. The van der Waals surface area contributed by atoms with Crippen molar-refractivity contribution in [3.05, 3.63) is 102 Å². The number of aromatic nitrogens is 6. The van der Waals surface area contributed by atoms with Crippen LogP contribution in [0.5, 0.6) is 0 Å². The zero-order valence-electron chi connectivity index (χ0n) is 22.9. The third kappa shape index (κ3) is 6.02. The number of ketones is 1. The first-order valence-electron chi connectivity index (χ1n) is 13.4. The number of nitrogens with one attached hydrogen (secondary N) is 2. The zero-order chi connectivity index (χ0) is 29.4. The Bertz CT molecular complexity index is 1770. The van der Waals surface area contributed by atoms with E-state index in [4.69, 9.17) is 0 Å². The highest BCUT2D eigenvalue weighted by Crippen LogP contribution is 2.32. The van der Waals surface area contributed by atoms with E-state index in [1.165, 1.54) is 17.2 Å². The standard InChI is InChI=1S/C30H27F3N8O/c1-18-3-4-21(26(42)11-20-9-22(30(31,32)33)13-24(10-20)40-15-19(2)37-17-40)12-25(18)39-29-34-7-8-41(29)28-14-27(35-16-36-28)38-23-5-6-23/h3-4,7-10,12-17,23H,5-6,11H2,1-2H3,(H,34,39)(H,35,36,38). The molecule has 42 heavy (non-hydrogen) atoms. The lowest BCUT2D eigenvalue weighted by Gasteiger charge is -2.14. The molecule has 0 unspecified atom stereocenters. The fourth-order valence-corrected chi connectivity index (χ4v) is 4.56. The van der Waals surface area contributed by atoms with Crippen LogP contribution in [0.15, 0.2) is 73.7 Å². The average Bonchev–Trinajstić information content (AvgIpc) is 3.45. The molecule has 1 saturated carbocycles. The second-order valence-electron chi connectivity index (χ2n) is 10.4. The van der Waals surface area contributed by atoms with Gasteiger partial charge in [-0.05, 0) is 62.1 Å². The molecule has 2 N–H and O–H groups in total. The maximum Gasteiger partial charge on any atom is 0.416 e. The summed E-state index contributed by atoms with van der Waals surface area (Å²) in [5.41, 5.74) is 2.23. The first kappa shape index (κ1) is 27.2. The van der Waals surface area contributed by atoms with Gasteiger partial charge in [0, 0.05) is 54.1 Å². The number of carbonyl (C=O) groups excluding carboxylic acids is 1. The molecule has 5 aromatic rings. The van der Waals surface area contributed by atoms with Gasteiger partial charge in [-0.2, -0.15) is 13.2 Å². The summed E-state index contributed by atoms with van der Waals surface area (Å²) in [7, 11) is 0. The predicted octanol–water partition coefficient (Wildman–Crippen LogP) is 6.23. The van der Waals surface area contributed by atoms with Gasteiger partial charge in [0.1, 0.15) is 18.0 Å². The number of rotatable bonds is 9. The number of halogens is 3. The monoisotopic (exact) mass is 572 g/mol. The average molecular weight is 573 g/mol. The van der Waals surface area contributed by atoms with E-state index >= 15 is 0 Å². The summed E-state index contributed by atoms with van der Waals surface area (Å²) in [6, 6.07) is 11.1. The number of alkyl halides is 3. The van der Waals surface area contributed by atoms with E-state index in [2.05, 4.69) is 30.6 Å². The molecule has 9 nitrogen and oxygen atoms in total. The van der Waals surface area contributed by atoms with Crippen LogP contribution in [-0.2, 0) is 12.6 Å². The predicted molar refractivity (Wildman–Crippen MR) is 152 cm³/mol. The highest BCUT2D eigenvalue weighted by atomic mass is 19.4. The van der Waals surface area contributed by atoms with Crippen molar-refractivity contribution in [1.82, 2.24) is 29.1 Å². The van der Waals surface area contributed by atoms with Crippen LogP contribution in [0.4, 0.5) is 30.6 Å². The fraction of sp³-hybridized carbons (Fsp3) is 0.233. The minimum atomic E-state index is -4.56. The summed E-state index contributed by atoms with van der Waals surface area (Å²) in [5.74, 6) is 1.51. The smallest absolute Gasteiger partial charge is 0.367 e. The Kier molecular flexibility index (Phi) is 6.97. The van der Waals surface area contributed by atoms with Gasteiger partial charge in [0.05, 0.1) is 17.6 Å². The van der Waals surface area contributed by atoms with Crippen LogP contribution in [0.25, 0.3) is 11.5 Å². The third-order valence-corrected chi connectivity index (χ3v) is 6.95. The number of anilines is 3. The first-order chi connectivity index (χ1) is 20.1. The first-order valence-corrected chi connectivity index (χ1v) is 13.4. The molecule has 0 radical (unpaired) electrons. The second kappa shape index (κ2) is 10.8. The van der Waals surface area contributed by atoms with Gasteiger partial charge in [0.15, 0.2) is 5.78 Å².